The molecule has 8 nitrogen and oxygen atoms in total. The van der Waals surface area contributed by atoms with Crippen LogP contribution in [0, 0.1) is 5.82 Å². The standard InChI is InChI=1S/C23H23F7N2O6S2/c1-20(35,12-33)11-31-19(34)9-15-10-39-18-8-13(21(36,22(25,26)27)23(28,29)30)2-7-17(18)32(15)40(37,38)16-5-3-14(24)4-6-16/h2-8,15,33,35-36H,9-12H2,1H3,(H,31,34). The summed E-state index contributed by atoms with van der Waals surface area (Å²) in [4.78, 5) is 11.7. The lowest BCUT2D eigenvalue weighted by atomic mass is 9.92. The second-order valence-corrected chi connectivity index (χ2v) is 12.1. The van der Waals surface area contributed by atoms with Crippen molar-refractivity contribution >= 4 is 33.4 Å². The van der Waals surface area contributed by atoms with Crippen molar-refractivity contribution in [2.75, 3.05) is 23.2 Å². The van der Waals surface area contributed by atoms with Crippen LogP contribution >= 0.6 is 11.8 Å². The molecular formula is C23H23F7N2O6S2. The Hall–Kier alpha value is -2.60. The van der Waals surface area contributed by atoms with E-state index in [4.69, 9.17) is 5.11 Å². The molecule has 1 amide bonds. The Balaban J connectivity index is 2.10. The first-order chi connectivity index (χ1) is 18.2. The Bertz CT molecular complexity index is 1330. The number of amides is 1. The van der Waals surface area contributed by atoms with Crippen LogP contribution in [0.15, 0.2) is 52.3 Å². The van der Waals surface area contributed by atoms with E-state index in [9.17, 15) is 54.2 Å². The molecule has 0 aliphatic carbocycles. The van der Waals surface area contributed by atoms with E-state index in [1.165, 1.54) is 6.92 Å². The first-order valence-electron chi connectivity index (χ1n) is 11.3. The highest BCUT2D eigenvalue weighted by Gasteiger charge is 2.71. The van der Waals surface area contributed by atoms with Crippen molar-refractivity contribution < 1.29 is 59.3 Å². The van der Waals surface area contributed by atoms with Gasteiger partial charge in [-0.25, -0.2) is 12.8 Å². The highest BCUT2D eigenvalue weighted by atomic mass is 32.2. The van der Waals surface area contributed by atoms with Crippen molar-refractivity contribution in [3.8, 4) is 0 Å². The summed E-state index contributed by atoms with van der Waals surface area (Å²) in [5.41, 5.74) is -8.93. The largest absolute Gasteiger partial charge is 0.430 e. The zero-order valence-electron chi connectivity index (χ0n) is 20.4. The first kappa shape index (κ1) is 31.9. The average Bonchev–Trinajstić information content (AvgIpc) is 2.85. The minimum atomic E-state index is -6.17. The average molecular weight is 621 g/mol. The number of carbonyl (C=O) groups is 1. The molecule has 0 spiro atoms. The molecule has 0 fully saturated rings. The number of halogens is 7. The molecule has 4 N–H and O–H groups in total. The Morgan fingerprint density at radius 1 is 1.05 bits per heavy atom. The Labute approximate surface area is 227 Å². The van der Waals surface area contributed by atoms with Crippen molar-refractivity contribution in [3.63, 3.8) is 0 Å². The zero-order valence-corrected chi connectivity index (χ0v) is 22.1. The number of hydrogen-bond donors (Lipinski definition) is 4. The number of hydrogen-bond acceptors (Lipinski definition) is 7. The first-order valence-corrected chi connectivity index (χ1v) is 13.7. The maximum absolute atomic E-state index is 13.6. The summed E-state index contributed by atoms with van der Waals surface area (Å²) in [6, 6.07) is 3.51. The number of benzene rings is 2. The molecular weight excluding hydrogens is 597 g/mol. The Morgan fingerprint density at radius 2 is 1.62 bits per heavy atom. The fourth-order valence-corrected chi connectivity index (χ4v) is 6.78. The summed E-state index contributed by atoms with van der Waals surface area (Å²) in [6.07, 6.45) is -12.9. The number of thioether (sulfide) groups is 1. The van der Waals surface area contributed by atoms with Crippen molar-refractivity contribution in [2.45, 2.75) is 52.7 Å². The van der Waals surface area contributed by atoms with E-state index in [2.05, 4.69) is 5.32 Å². The number of sulfonamides is 1. The molecule has 0 saturated heterocycles. The fourth-order valence-electron chi connectivity index (χ4n) is 3.79. The van der Waals surface area contributed by atoms with E-state index >= 15 is 0 Å². The third-order valence-corrected chi connectivity index (χ3v) is 9.07. The van der Waals surface area contributed by atoms with Crippen LogP contribution in [0.4, 0.5) is 36.4 Å². The summed E-state index contributed by atoms with van der Waals surface area (Å²) < 4.78 is 122. The molecule has 3 rings (SSSR count). The Morgan fingerprint density at radius 3 is 2.15 bits per heavy atom. The normalized spacial score (nSPS) is 18.2. The van der Waals surface area contributed by atoms with Crippen LogP contribution in [0.3, 0.4) is 0 Å². The van der Waals surface area contributed by atoms with Crippen molar-refractivity contribution in [3.05, 3.63) is 53.8 Å². The molecule has 2 unspecified atom stereocenters. The summed E-state index contributed by atoms with van der Waals surface area (Å²) in [5.74, 6) is -1.90. The van der Waals surface area contributed by atoms with Gasteiger partial charge in [0, 0.05) is 29.2 Å². The third kappa shape index (κ3) is 6.17. The molecule has 2 aromatic carbocycles. The molecule has 1 aliphatic rings. The molecule has 2 atom stereocenters. The van der Waals surface area contributed by atoms with Gasteiger partial charge in [0.15, 0.2) is 0 Å². The van der Waals surface area contributed by atoms with Gasteiger partial charge in [-0.2, -0.15) is 26.3 Å². The molecule has 0 bridgehead atoms. The molecule has 222 valence electrons. The van der Waals surface area contributed by atoms with Gasteiger partial charge < -0.3 is 20.6 Å². The van der Waals surface area contributed by atoms with E-state index in [1.807, 2.05) is 0 Å². The lowest BCUT2D eigenvalue weighted by Crippen LogP contribution is -2.54. The second kappa shape index (κ2) is 11.0. The minimum Gasteiger partial charge on any atom is -0.393 e. The fraction of sp³-hybridized carbons (Fsp3) is 0.435. The van der Waals surface area contributed by atoms with E-state index in [-0.39, 0.29) is 22.4 Å². The van der Waals surface area contributed by atoms with Gasteiger partial charge in [0.25, 0.3) is 15.6 Å². The van der Waals surface area contributed by atoms with Crippen LogP contribution < -0.4 is 9.62 Å². The summed E-state index contributed by atoms with van der Waals surface area (Å²) in [6.45, 7) is 0.0851. The number of nitrogens with zero attached hydrogens (tertiary/aromatic N) is 1. The van der Waals surface area contributed by atoms with E-state index in [0.29, 0.717) is 28.2 Å². The van der Waals surface area contributed by atoms with Crippen LogP contribution in [0.5, 0.6) is 0 Å². The predicted molar refractivity (Wildman–Crippen MR) is 128 cm³/mol. The maximum atomic E-state index is 13.6. The third-order valence-electron chi connectivity index (χ3n) is 6.00. The molecule has 2 aromatic rings. The smallest absolute Gasteiger partial charge is 0.393 e. The van der Waals surface area contributed by atoms with Gasteiger partial charge in [0.05, 0.1) is 23.2 Å². The van der Waals surface area contributed by atoms with Crippen LogP contribution in [0.1, 0.15) is 18.9 Å². The highest BCUT2D eigenvalue weighted by molar-refractivity contribution is 8.00. The molecule has 0 radical (unpaired) electrons. The highest BCUT2D eigenvalue weighted by Crippen LogP contribution is 2.52. The molecule has 17 heteroatoms. The van der Waals surface area contributed by atoms with Crippen LogP contribution in [-0.2, 0) is 20.4 Å². The Kier molecular flexibility index (Phi) is 8.78. The van der Waals surface area contributed by atoms with Crippen molar-refractivity contribution in [1.82, 2.24) is 5.32 Å². The van der Waals surface area contributed by atoms with Crippen molar-refractivity contribution in [2.24, 2.45) is 0 Å². The van der Waals surface area contributed by atoms with Gasteiger partial charge >= 0.3 is 12.4 Å². The van der Waals surface area contributed by atoms with Gasteiger partial charge in [0.1, 0.15) is 11.4 Å². The van der Waals surface area contributed by atoms with Crippen molar-refractivity contribution in [1.29, 1.82) is 0 Å². The SMILES string of the molecule is CC(O)(CO)CNC(=O)CC1CSc2cc(C(O)(C(F)(F)F)C(F)(F)F)ccc2N1S(=O)(=O)c1ccc(F)cc1. The quantitative estimate of drug-likeness (QED) is 0.334. The summed E-state index contributed by atoms with van der Waals surface area (Å²) in [7, 11) is -4.66. The summed E-state index contributed by atoms with van der Waals surface area (Å²) >= 11 is 0.655. The topological polar surface area (TPSA) is 127 Å². The lowest BCUT2D eigenvalue weighted by Gasteiger charge is -2.38. The number of carbonyl (C=O) groups excluding carboxylic acids is 1. The molecule has 1 heterocycles. The van der Waals surface area contributed by atoms with Gasteiger partial charge in [-0.1, -0.05) is 6.07 Å². The van der Waals surface area contributed by atoms with E-state index in [1.54, 1.807) is 0 Å². The maximum Gasteiger partial charge on any atom is 0.430 e. The molecule has 0 saturated carbocycles. The number of rotatable bonds is 8. The number of aliphatic hydroxyl groups is 3. The van der Waals surface area contributed by atoms with Crippen LogP contribution in [-0.4, -0.2) is 72.5 Å². The van der Waals surface area contributed by atoms with Gasteiger partial charge in [0.2, 0.25) is 5.91 Å². The van der Waals surface area contributed by atoms with Crippen LogP contribution in [0.25, 0.3) is 0 Å². The number of fused-ring (bicyclic) bond motifs is 1. The predicted octanol–water partition coefficient (Wildman–Crippen LogP) is 3.06. The number of anilines is 1. The molecule has 40 heavy (non-hydrogen) atoms. The van der Waals surface area contributed by atoms with Gasteiger partial charge in [-0.15, -0.1) is 11.8 Å². The second-order valence-electron chi connectivity index (χ2n) is 9.24. The number of nitrogens with one attached hydrogen (secondary N) is 1. The van der Waals surface area contributed by atoms with Gasteiger partial charge in [-0.3, -0.25) is 9.10 Å². The molecule has 1 aliphatic heterocycles. The zero-order chi connectivity index (χ0) is 30.3. The van der Waals surface area contributed by atoms with E-state index < -0.39 is 81.4 Å². The van der Waals surface area contributed by atoms with Crippen LogP contribution in [0.2, 0.25) is 0 Å². The van der Waals surface area contributed by atoms with Gasteiger partial charge in [-0.05, 0) is 43.3 Å². The molecule has 0 aromatic heterocycles. The minimum absolute atomic E-state index is 0.286. The lowest BCUT2D eigenvalue weighted by molar-refractivity contribution is -0.376. The van der Waals surface area contributed by atoms with E-state index in [0.717, 1.165) is 24.3 Å². The number of aliphatic hydroxyl groups excluding tert-OH is 1. The summed E-state index contributed by atoms with van der Waals surface area (Å²) in [5, 5.41) is 31.1. The monoisotopic (exact) mass is 620 g/mol. The number of alkyl halides is 6.